The summed E-state index contributed by atoms with van der Waals surface area (Å²) in [6.07, 6.45) is 3.62. The van der Waals surface area contributed by atoms with E-state index in [0.29, 0.717) is 27.7 Å². The highest BCUT2D eigenvalue weighted by Crippen LogP contribution is 2.33. The maximum Gasteiger partial charge on any atom is 0.338 e. The zero-order valence-electron chi connectivity index (χ0n) is 20.9. The van der Waals surface area contributed by atoms with Crippen LogP contribution in [0.5, 0.6) is 5.75 Å². The van der Waals surface area contributed by atoms with Gasteiger partial charge in [-0.15, -0.1) is 0 Å². The van der Waals surface area contributed by atoms with Crippen LogP contribution in [0.15, 0.2) is 71.1 Å². The number of hydrazone groups is 1. The number of allylic oxidation sites excluding steroid dienone is 1. The van der Waals surface area contributed by atoms with Crippen LogP contribution in [-0.4, -0.2) is 41.0 Å². The number of hydrogen-bond acceptors (Lipinski definition) is 6. The number of esters is 1. The number of amides is 1. The predicted octanol–water partition coefficient (Wildman–Crippen LogP) is 3.55. The molecule has 0 fully saturated rings. The lowest BCUT2D eigenvalue weighted by molar-refractivity contribution is -0.139. The summed E-state index contributed by atoms with van der Waals surface area (Å²) in [4.78, 5) is 25.2. The Kier molecular flexibility index (Phi) is 8.19. The van der Waals surface area contributed by atoms with Crippen LogP contribution in [0.2, 0.25) is 0 Å². The number of carbonyl (C=O) groups is 2. The zero-order valence-corrected chi connectivity index (χ0v) is 21.7. The van der Waals surface area contributed by atoms with Gasteiger partial charge >= 0.3 is 5.97 Å². The smallest absolute Gasteiger partial charge is 0.338 e. The number of rotatable bonds is 9. The van der Waals surface area contributed by atoms with Gasteiger partial charge in [-0.05, 0) is 45.1 Å². The number of nitrogens with one attached hydrogen (secondary N) is 3. The van der Waals surface area contributed by atoms with Crippen molar-refractivity contribution in [3.63, 3.8) is 0 Å². The van der Waals surface area contributed by atoms with Gasteiger partial charge in [-0.3, -0.25) is 4.79 Å². The van der Waals surface area contributed by atoms with Crippen molar-refractivity contribution in [3.05, 3.63) is 77.1 Å². The van der Waals surface area contributed by atoms with Crippen LogP contribution in [0.25, 0.3) is 10.9 Å². The Hall–Kier alpha value is -4.18. The highest BCUT2D eigenvalue weighted by Gasteiger charge is 2.32. The summed E-state index contributed by atoms with van der Waals surface area (Å²) < 4.78 is 13.2. The molecule has 9 nitrogen and oxygen atoms in total. The minimum atomic E-state index is -0.596. The summed E-state index contributed by atoms with van der Waals surface area (Å²) in [6, 6.07) is 14.6. The van der Waals surface area contributed by atoms with Crippen LogP contribution >= 0.6 is 12.2 Å². The second-order valence-corrected chi connectivity index (χ2v) is 8.71. The summed E-state index contributed by atoms with van der Waals surface area (Å²) >= 11 is 5.31. The Labute approximate surface area is 220 Å². The Balaban J connectivity index is 1.46. The van der Waals surface area contributed by atoms with Crippen molar-refractivity contribution in [2.24, 2.45) is 5.10 Å². The molecule has 1 atom stereocenters. The molecule has 0 spiro atoms. The van der Waals surface area contributed by atoms with Gasteiger partial charge in [0, 0.05) is 40.5 Å². The van der Waals surface area contributed by atoms with Gasteiger partial charge < -0.3 is 24.7 Å². The fourth-order valence-corrected chi connectivity index (χ4v) is 4.52. The fourth-order valence-electron chi connectivity index (χ4n) is 4.25. The molecule has 0 aliphatic carbocycles. The molecular weight excluding hydrogens is 490 g/mol. The molecule has 192 valence electrons. The third-order valence-electron chi connectivity index (χ3n) is 5.91. The molecule has 1 aromatic heterocycles. The molecule has 1 amide bonds. The van der Waals surface area contributed by atoms with E-state index in [9.17, 15) is 9.59 Å². The van der Waals surface area contributed by atoms with Crippen molar-refractivity contribution in [3.8, 4) is 5.75 Å². The normalized spacial score (nSPS) is 15.4. The summed E-state index contributed by atoms with van der Waals surface area (Å²) in [5.41, 5.74) is 6.17. The topological polar surface area (TPSA) is 106 Å². The standard InChI is InChI=1S/C27H29N5O4S/c1-4-32-15-18(19-10-6-8-12-21(19)32)14-28-31-23(33)16-36-22-13-9-7-11-20(22)25-24(26(34)35-5-2)17(3)29-27(37)30-25/h6-15,25H,4-5,16H2,1-3H3,(H,31,33)(H2,29,30,37)/t25-/m0/s1. The van der Waals surface area contributed by atoms with E-state index in [1.807, 2.05) is 42.6 Å². The molecule has 10 heteroatoms. The molecule has 37 heavy (non-hydrogen) atoms. The SMILES string of the molecule is CCOC(=O)C1=C(C)NC(=S)N[C@H]1c1ccccc1OCC(=O)NN=Cc1cn(CC)c2ccccc12. The van der Waals surface area contributed by atoms with E-state index in [0.717, 1.165) is 23.0 Å². The minimum Gasteiger partial charge on any atom is -0.483 e. The van der Waals surface area contributed by atoms with Crippen molar-refractivity contribution < 1.29 is 19.1 Å². The average Bonchev–Trinajstić information content (AvgIpc) is 3.25. The highest BCUT2D eigenvalue weighted by atomic mass is 32.1. The van der Waals surface area contributed by atoms with Gasteiger partial charge in [0.1, 0.15) is 5.75 Å². The highest BCUT2D eigenvalue weighted by molar-refractivity contribution is 7.80. The first-order valence-corrected chi connectivity index (χ1v) is 12.4. The summed E-state index contributed by atoms with van der Waals surface area (Å²) in [5, 5.41) is 11.6. The maximum atomic E-state index is 12.7. The summed E-state index contributed by atoms with van der Waals surface area (Å²) in [7, 11) is 0. The Bertz CT molecular complexity index is 1390. The number of nitrogens with zero attached hydrogens (tertiary/aromatic N) is 2. The second kappa shape index (κ2) is 11.7. The van der Waals surface area contributed by atoms with Crippen LogP contribution in [0.1, 0.15) is 37.9 Å². The van der Waals surface area contributed by atoms with Gasteiger partial charge in [-0.1, -0.05) is 36.4 Å². The molecule has 3 N–H and O–H groups in total. The summed E-state index contributed by atoms with van der Waals surface area (Å²) in [5.74, 6) is -0.445. The molecule has 1 aliphatic rings. The Morgan fingerprint density at radius 1 is 1.16 bits per heavy atom. The number of hydrogen-bond donors (Lipinski definition) is 3. The van der Waals surface area contributed by atoms with Crippen LogP contribution < -0.4 is 20.8 Å². The molecule has 1 aliphatic heterocycles. The first-order chi connectivity index (χ1) is 17.9. The van der Waals surface area contributed by atoms with E-state index in [1.165, 1.54) is 0 Å². The molecule has 3 aromatic rings. The quantitative estimate of drug-likeness (QED) is 0.172. The maximum absolute atomic E-state index is 12.7. The van der Waals surface area contributed by atoms with E-state index in [-0.39, 0.29) is 13.2 Å². The van der Waals surface area contributed by atoms with Crippen molar-refractivity contribution in [2.75, 3.05) is 13.2 Å². The summed E-state index contributed by atoms with van der Waals surface area (Å²) in [6.45, 7) is 6.39. The van der Waals surface area contributed by atoms with Crippen molar-refractivity contribution in [1.82, 2.24) is 20.6 Å². The third-order valence-corrected chi connectivity index (χ3v) is 6.13. The molecule has 0 unspecified atom stereocenters. The van der Waals surface area contributed by atoms with Gasteiger partial charge in [0.25, 0.3) is 5.91 Å². The van der Waals surface area contributed by atoms with Crippen LogP contribution in [0, 0.1) is 0 Å². The average molecular weight is 520 g/mol. The van der Waals surface area contributed by atoms with Crippen LogP contribution in [0.4, 0.5) is 0 Å². The first kappa shape index (κ1) is 25.9. The minimum absolute atomic E-state index is 0.241. The number of benzene rings is 2. The van der Waals surface area contributed by atoms with Gasteiger partial charge in [0.2, 0.25) is 0 Å². The lowest BCUT2D eigenvalue weighted by Gasteiger charge is -2.30. The fraction of sp³-hybridized carbons (Fsp3) is 0.259. The number of aromatic nitrogens is 1. The number of para-hydroxylation sites is 2. The molecule has 2 aromatic carbocycles. The van der Waals surface area contributed by atoms with E-state index >= 15 is 0 Å². The number of fused-ring (bicyclic) bond motifs is 1. The van der Waals surface area contributed by atoms with Gasteiger partial charge in [0.15, 0.2) is 11.7 Å². The molecule has 4 rings (SSSR count). The molecule has 2 heterocycles. The monoisotopic (exact) mass is 519 g/mol. The Morgan fingerprint density at radius 3 is 2.70 bits per heavy atom. The van der Waals surface area contributed by atoms with E-state index in [1.54, 1.807) is 32.2 Å². The zero-order chi connectivity index (χ0) is 26.4. The Morgan fingerprint density at radius 2 is 1.92 bits per heavy atom. The molecular formula is C27H29N5O4S. The first-order valence-electron chi connectivity index (χ1n) is 12.0. The van der Waals surface area contributed by atoms with Crippen molar-refractivity contribution >= 4 is 46.3 Å². The lowest BCUT2D eigenvalue weighted by atomic mass is 9.95. The number of thiocarbonyl (C=S) groups is 1. The second-order valence-electron chi connectivity index (χ2n) is 8.30. The van der Waals surface area contributed by atoms with Gasteiger partial charge in [-0.2, -0.15) is 5.10 Å². The molecule has 0 saturated heterocycles. The number of aryl methyl sites for hydroxylation is 1. The van der Waals surface area contributed by atoms with Crippen LogP contribution in [-0.2, 0) is 20.9 Å². The number of ether oxygens (including phenoxy) is 2. The van der Waals surface area contributed by atoms with E-state index < -0.39 is 17.9 Å². The van der Waals surface area contributed by atoms with E-state index in [2.05, 4.69) is 32.7 Å². The van der Waals surface area contributed by atoms with Crippen LogP contribution in [0.3, 0.4) is 0 Å². The predicted molar refractivity (Wildman–Crippen MR) is 146 cm³/mol. The molecule has 0 bridgehead atoms. The lowest BCUT2D eigenvalue weighted by Crippen LogP contribution is -2.45. The van der Waals surface area contributed by atoms with Crippen molar-refractivity contribution in [2.45, 2.75) is 33.4 Å². The van der Waals surface area contributed by atoms with Crippen molar-refractivity contribution in [1.29, 1.82) is 0 Å². The molecule has 0 saturated carbocycles. The largest absolute Gasteiger partial charge is 0.483 e. The van der Waals surface area contributed by atoms with E-state index in [4.69, 9.17) is 21.7 Å². The molecule has 0 radical (unpaired) electrons. The van der Waals surface area contributed by atoms with Gasteiger partial charge in [-0.25, -0.2) is 10.2 Å². The third kappa shape index (κ3) is 5.80. The van der Waals surface area contributed by atoms with Gasteiger partial charge in [0.05, 0.1) is 24.4 Å². The number of carbonyl (C=O) groups excluding carboxylic acids is 2.